The molecule has 0 aliphatic rings. The summed E-state index contributed by atoms with van der Waals surface area (Å²) in [5, 5.41) is 37.9. The van der Waals surface area contributed by atoms with Crippen LogP contribution in [-0.2, 0) is 0 Å². The van der Waals surface area contributed by atoms with Crippen molar-refractivity contribution in [3.05, 3.63) is 156 Å². The fraction of sp³-hybridized carbons (Fsp3) is 0. The minimum absolute atomic E-state index is 0.0639. The van der Waals surface area contributed by atoms with Gasteiger partial charge in [0.2, 0.25) is 35.1 Å². The molecule has 0 saturated carbocycles. The van der Waals surface area contributed by atoms with Crippen LogP contribution in [0.1, 0.15) is 27.8 Å². The van der Waals surface area contributed by atoms with Crippen LogP contribution in [-0.4, -0.2) is 70.8 Å². The third kappa shape index (κ3) is 28.0. The Hall–Kier alpha value is -6.22. The Labute approximate surface area is 463 Å². The molecular formula is C38H36Cl11FN22. The van der Waals surface area contributed by atoms with E-state index in [0.717, 1.165) is 5.56 Å². The lowest BCUT2D eigenvalue weighted by Crippen LogP contribution is -2.21. The predicted octanol–water partition coefficient (Wildman–Crippen LogP) is 7.59. The minimum Gasteiger partial charge on any atom is -0.369 e. The number of hydrogen-bond donors (Lipinski definition) is 10. The first-order valence-electron chi connectivity index (χ1n) is 18.3. The van der Waals surface area contributed by atoms with E-state index in [1.54, 1.807) is 30.3 Å². The van der Waals surface area contributed by atoms with E-state index in [1.165, 1.54) is 55.5 Å². The average molecular weight is 1210 g/mol. The summed E-state index contributed by atoms with van der Waals surface area (Å²) >= 11 is 62.7. The zero-order valence-corrected chi connectivity index (χ0v) is 44.2. The lowest BCUT2D eigenvalue weighted by Gasteiger charge is -2.00. The van der Waals surface area contributed by atoms with E-state index < -0.39 is 5.82 Å². The van der Waals surface area contributed by atoms with Gasteiger partial charge in [-0.1, -0.05) is 128 Å². The Kier molecular flexibility index (Phi) is 30.3. The lowest BCUT2D eigenvalue weighted by atomic mass is 10.2. The lowest BCUT2D eigenvalue weighted by molar-refractivity contribution is 0.628. The smallest absolute Gasteiger partial charge is 0.223 e. The Balaban J connectivity index is 0.000000450. The van der Waals surface area contributed by atoms with E-state index in [0.29, 0.717) is 57.4 Å². The Morgan fingerprint density at radius 2 is 0.764 bits per heavy atom. The molecule has 0 amide bonds. The number of rotatable bonds is 10. The molecule has 5 rings (SSSR count). The summed E-state index contributed by atoms with van der Waals surface area (Å²) < 4.78 is 13.0. The van der Waals surface area contributed by atoms with Gasteiger partial charge in [0, 0.05) is 16.8 Å². The standard InChI is InChI=1S/2C8H7Cl3N4.C8H7Cl2FN4.C8H9ClN4.C6H6Cl2N6/c9-5-2-7(11)6(10)1-4(5)3-14-15-8(12)13;2*9-5-1-4(2-6(10)7(5)11)3-14-15-8(12)13;9-7-3-1-6(2-4-7)5-12-13-8(10)11;7-4-3(1-11-5(8)13-4)2-12-14-6(9)10/h3*1-3H,(H4,12,13,15);1-5H,(H4,10,11,13);1-2H,(H4,9,10,14)/b3*14-3+;12-5+;12-2+. The van der Waals surface area contributed by atoms with Crippen LogP contribution in [0.15, 0.2) is 118 Å². The topological polar surface area (TPSA) is 410 Å². The van der Waals surface area contributed by atoms with Crippen LogP contribution in [0.3, 0.4) is 0 Å². The summed E-state index contributed by atoms with van der Waals surface area (Å²) in [6, 6.07) is 16.1. The quantitative estimate of drug-likeness (QED) is 0.0123. The molecule has 34 heteroatoms. The van der Waals surface area contributed by atoms with E-state index in [4.69, 9.17) is 185 Å². The largest absolute Gasteiger partial charge is 0.369 e. The van der Waals surface area contributed by atoms with E-state index >= 15 is 0 Å². The van der Waals surface area contributed by atoms with Crippen molar-refractivity contribution in [2.75, 3.05) is 0 Å². The first-order chi connectivity index (χ1) is 33.8. The zero-order chi connectivity index (χ0) is 54.5. The second-order valence-corrected chi connectivity index (χ2v) is 16.5. The maximum Gasteiger partial charge on any atom is 0.223 e. The van der Waals surface area contributed by atoms with Crippen molar-refractivity contribution in [1.82, 2.24) is 9.97 Å². The van der Waals surface area contributed by atoms with E-state index in [1.807, 2.05) is 12.1 Å². The number of nitrogens with two attached hydrogens (primary N) is 10. The van der Waals surface area contributed by atoms with Gasteiger partial charge < -0.3 is 57.3 Å². The maximum absolute atomic E-state index is 13.0. The third-order valence-electron chi connectivity index (χ3n) is 6.54. The van der Waals surface area contributed by atoms with Crippen molar-refractivity contribution < 1.29 is 4.39 Å². The first kappa shape index (κ1) is 63.8. The average Bonchev–Trinajstić information content (AvgIpc) is 3.28. The fourth-order valence-electron chi connectivity index (χ4n) is 3.72. The Morgan fingerprint density at radius 1 is 0.403 bits per heavy atom. The number of benzene rings is 4. The molecule has 0 radical (unpaired) electrons. The van der Waals surface area contributed by atoms with Crippen LogP contribution >= 0.6 is 128 Å². The second-order valence-electron chi connectivity index (χ2n) is 12.2. The molecule has 5 aromatic rings. The van der Waals surface area contributed by atoms with Crippen molar-refractivity contribution in [1.29, 1.82) is 0 Å². The summed E-state index contributed by atoms with van der Waals surface area (Å²) in [6.45, 7) is 0. The van der Waals surface area contributed by atoms with Crippen LogP contribution < -0.4 is 57.3 Å². The van der Waals surface area contributed by atoms with Crippen molar-refractivity contribution in [3.8, 4) is 0 Å². The molecule has 1 heterocycles. The van der Waals surface area contributed by atoms with E-state index in [2.05, 4.69) is 61.0 Å². The van der Waals surface area contributed by atoms with Crippen LogP contribution in [0.5, 0.6) is 0 Å². The van der Waals surface area contributed by atoms with Gasteiger partial charge in [-0.05, 0) is 76.8 Å². The van der Waals surface area contributed by atoms with Gasteiger partial charge in [0.05, 0.1) is 76.8 Å². The molecule has 72 heavy (non-hydrogen) atoms. The molecule has 1 aromatic heterocycles. The van der Waals surface area contributed by atoms with Gasteiger partial charge in [0.15, 0.2) is 5.82 Å². The van der Waals surface area contributed by atoms with Crippen molar-refractivity contribution in [3.63, 3.8) is 0 Å². The molecule has 0 bridgehead atoms. The highest BCUT2D eigenvalue weighted by atomic mass is 35.5. The molecule has 4 aromatic carbocycles. The zero-order valence-electron chi connectivity index (χ0n) is 35.9. The van der Waals surface area contributed by atoms with Gasteiger partial charge in [-0.15, -0.1) is 25.5 Å². The van der Waals surface area contributed by atoms with Crippen LogP contribution in [0, 0.1) is 5.82 Å². The molecule has 0 unspecified atom stereocenters. The van der Waals surface area contributed by atoms with Gasteiger partial charge >= 0.3 is 0 Å². The molecule has 22 nitrogen and oxygen atoms in total. The number of aromatic nitrogens is 2. The molecular weight excluding hydrogens is 1170 g/mol. The molecule has 382 valence electrons. The molecule has 0 aliphatic carbocycles. The van der Waals surface area contributed by atoms with E-state index in [9.17, 15) is 4.39 Å². The minimum atomic E-state index is -0.669. The highest BCUT2D eigenvalue weighted by Gasteiger charge is 2.07. The van der Waals surface area contributed by atoms with Crippen LogP contribution in [0.25, 0.3) is 0 Å². The van der Waals surface area contributed by atoms with Gasteiger partial charge in [-0.2, -0.15) is 25.5 Å². The van der Waals surface area contributed by atoms with Gasteiger partial charge in [-0.25, -0.2) is 14.4 Å². The molecule has 0 aliphatic heterocycles. The summed E-state index contributed by atoms with van der Waals surface area (Å²) in [5.74, 6) is -1.32. The number of halogens is 12. The SMILES string of the molecule is NC(N)=N/N=C/c1cc(Cl)c(Cl)c(Cl)c1.NC(N)=N/N=C/c1cc(Cl)c(Cl)cc1Cl.NC(N)=N/N=C/c1cc(Cl)c(F)c(Cl)c1.NC(N)=N/N=C/c1ccc(Cl)cc1.NC(N)=N/N=C/c1cnc(Cl)nc1Cl. The predicted molar refractivity (Wildman–Crippen MR) is 300 cm³/mol. The first-order valence-corrected chi connectivity index (χ1v) is 22.4. The highest BCUT2D eigenvalue weighted by molar-refractivity contribution is 6.48. The van der Waals surface area contributed by atoms with Crippen LogP contribution in [0.2, 0.25) is 55.6 Å². The molecule has 0 fully saturated rings. The van der Waals surface area contributed by atoms with Crippen molar-refractivity contribution in [2.24, 2.45) is 108 Å². The summed E-state index contributed by atoms with van der Waals surface area (Å²) in [4.78, 5) is 7.39. The van der Waals surface area contributed by atoms with E-state index in [-0.39, 0.29) is 50.3 Å². The Bertz CT molecular complexity index is 2760. The highest BCUT2D eigenvalue weighted by Crippen LogP contribution is 2.31. The van der Waals surface area contributed by atoms with Gasteiger partial charge in [-0.3, -0.25) is 0 Å². The molecule has 20 N–H and O–H groups in total. The number of nitrogens with zero attached hydrogens (tertiary/aromatic N) is 12. The number of guanidine groups is 5. The summed E-state index contributed by atoms with van der Waals surface area (Å²) in [5.41, 5.74) is 53.7. The summed E-state index contributed by atoms with van der Waals surface area (Å²) in [6.07, 6.45) is 8.35. The van der Waals surface area contributed by atoms with Crippen LogP contribution in [0.4, 0.5) is 4.39 Å². The monoisotopic (exact) mass is 1200 g/mol. The van der Waals surface area contributed by atoms with Gasteiger partial charge in [0.25, 0.3) is 0 Å². The van der Waals surface area contributed by atoms with Crippen molar-refractivity contribution >= 4 is 188 Å². The Morgan fingerprint density at radius 3 is 1.17 bits per heavy atom. The van der Waals surface area contributed by atoms with Crippen molar-refractivity contribution in [2.45, 2.75) is 0 Å². The summed E-state index contributed by atoms with van der Waals surface area (Å²) in [7, 11) is 0. The molecule has 0 atom stereocenters. The second kappa shape index (κ2) is 34.2. The maximum atomic E-state index is 13.0. The molecule has 0 saturated heterocycles. The third-order valence-corrected chi connectivity index (χ3v) is 10.1. The van der Waals surface area contributed by atoms with Gasteiger partial charge in [0.1, 0.15) is 5.15 Å². The fourth-order valence-corrected chi connectivity index (χ4v) is 5.93. The molecule has 0 spiro atoms. The number of hydrogen-bond acceptors (Lipinski definition) is 12. The normalized spacial score (nSPS) is 10.5.